The standard InChI is InChI=1S/C18H26O2/c1-12-4-6-15(7-5-12)11-17(18(19)20)16-9-13(2)8-14(3)10-16/h4-7,13-14,16-17H,8-11H2,1-3H3,(H,19,20). The molecule has 1 aromatic carbocycles. The van der Waals surface area contributed by atoms with Crippen LogP contribution in [0.5, 0.6) is 0 Å². The van der Waals surface area contributed by atoms with E-state index in [0.29, 0.717) is 24.2 Å². The van der Waals surface area contributed by atoms with E-state index in [1.54, 1.807) is 0 Å². The van der Waals surface area contributed by atoms with E-state index < -0.39 is 5.97 Å². The van der Waals surface area contributed by atoms with Gasteiger partial charge in [-0.2, -0.15) is 0 Å². The summed E-state index contributed by atoms with van der Waals surface area (Å²) in [6.45, 7) is 6.57. The Hall–Kier alpha value is -1.31. The minimum Gasteiger partial charge on any atom is -0.481 e. The molecule has 110 valence electrons. The van der Waals surface area contributed by atoms with Gasteiger partial charge in [0.1, 0.15) is 0 Å². The third kappa shape index (κ3) is 3.84. The summed E-state index contributed by atoms with van der Waals surface area (Å²) in [7, 11) is 0. The minimum absolute atomic E-state index is 0.233. The van der Waals surface area contributed by atoms with Crippen LogP contribution in [0.1, 0.15) is 44.2 Å². The van der Waals surface area contributed by atoms with Crippen LogP contribution >= 0.6 is 0 Å². The largest absolute Gasteiger partial charge is 0.481 e. The summed E-state index contributed by atoms with van der Waals surface area (Å²) in [5.74, 6) is 0.777. The molecule has 0 amide bonds. The number of carbonyl (C=O) groups is 1. The molecule has 1 aromatic rings. The second kappa shape index (κ2) is 6.43. The fourth-order valence-electron chi connectivity index (χ4n) is 3.77. The lowest BCUT2D eigenvalue weighted by atomic mass is 9.70. The summed E-state index contributed by atoms with van der Waals surface area (Å²) in [6.07, 6.45) is 4.04. The number of benzene rings is 1. The Labute approximate surface area is 122 Å². The maximum Gasteiger partial charge on any atom is 0.307 e. The highest BCUT2D eigenvalue weighted by atomic mass is 16.4. The van der Waals surface area contributed by atoms with Crippen LogP contribution in [0.3, 0.4) is 0 Å². The maximum absolute atomic E-state index is 11.7. The van der Waals surface area contributed by atoms with E-state index >= 15 is 0 Å². The molecule has 3 atom stereocenters. The van der Waals surface area contributed by atoms with Crippen LogP contribution in [0.25, 0.3) is 0 Å². The van der Waals surface area contributed by atoms with E-state index in [4.69, 9.17) is 0 Å². The van der Waals surface area contributed by atoms with Gasteiger partial charge in [0.2, 0.25) is 0 Å². The minimum atomic E-state index is -0.628. The molecule has 0 spiro atoms. The van der Waals surface area contributed by atoms with E-state index in [2.05, 4.69) is 45.0 Å². The van der Waals surface area contributed by atoms with Crippen LogP contribution in [-0.4, -0.2) is 11.1 Å². The van der Waals surface area contributed by atoms with Gasteiger partial charge in [-0.1, -0.05) is 43.7 Å². The van der Waals surface area contributed by atoms with Gasteiger partial charge in [0.25, 0.3) is 0 Å². The predicted octanol–water partition coefficient (Wildman–Crippen LogP) is 4.31. The number of hydrogen-bond acceptors (Lipinski definition) is 1. The Morgan fingerprint density at radius 1 is 1.15 bits per heavy atom. The van der Waals surface area contributed by atoms with Crippen LogP contribution in [-0.2, 0) is 11.2 Å². The Kier molecular flexibility index (Phi) is 4.85. The van der Waals surface area contributed by atoms with Crippen molar-refractivity contribution < 1.29 is 9.90 Å². The monoisotopic (exact) mass is 274 g/mol. The molecular weight excluding hydrogens is 248 g/mol. The molecule has 0 bridgehead atoms. The van der Waals surface area contributed by atoms with Gasteiger partial charge in [0.05, 0.1) is 5.92 Å². The van der Waals surface area contributed by atoms with Crippen LogP contribution in [0.2, 0.25) is 0 Å². The van der Waals surface area contributed by atoms with Crippen molar-refractivity contribution in [1.29, 1.82) is 0 Å². The molecule has 2 nitrogen and oxygen atoms in total. The second-order valence-corrected chi connectivity index (χ2v) is 6.81. The number of hydrogen-bond donors (Lipinski definition) is 1. The number of aryl methyl sites for hydroxylation is 1. The van der Waals surface area contributed by atoms with Crippen molar-refractivity contribution in [3.63, 3.8) is 0 Å². The van der Waals surface area contributed by atoms with Crippen LogP contribution in [0.15, 0.2) is 24.3 Å². The predicted molar refractivity (Wildman–Crippen MR) is 81.7 cm³/mol. The van der Waals surface area contributed by atoms with Crippen molar-refractivity contribution in [2.24, 2.45) is 23.7 Å². The van der Waals surface area contributed by atoms with Crippen molar-refractivity contribution in [3.05, 3.63) is 35.4 Å². The molecule has 0 radical (unpaired) electrons. The Balaban J connectivity index is 2.10. The molecule has 0 aliphatic heterocycles. The first kappa shape index (κ1) is 15.1. The fraction of sp³-hybridized carbons (Fsp3) is 0.611. The second-order valence-electron chi connectivity index (χ2n) is 6.81. The number of aliphatic carboxylic acids is 1. The van der Waals surface area contributed by atoms with E-state index in [1.807, 2.05) is 0 Å². The smallest absolute Gasteiger partial charge is 0.307 e. The van der Waals surface area contributed by atoms with Crippen LogP contribution < -0.4 is 0 Å². The van der Waals surface area contributed by atoms with Crippen molar-refractivity contribution >= 4 is 5.97 Å². The summed E-state index contributed by atoms with van der Waals surface area (Å²) >= 11 is 0. The van der Waals surface area contributed by atoms with Crippen LogP contribution in [0, 0.1) is 30.6 Å². The maximum atomic E-state index is 11.7. The first-order chi connectivity index (χ1) is 9.45. The highest BCUT2D eigenvalue weighted by molar-refractivity contribution is 5.70. The normalized spacial score (nSPS) is 28.1. The molecule has 1 aliphatic rings. The van der Waals surface area contributed by atoms with Gasteiger partial charge in [-0.3, -0.25) is 4.79 Å². The van der Waals surface area contributed by atoms with Gasteiger partial charge in [-0.25, -0.2) is 0 Å². The molecule has 20 heavy (non-hydrogen) atoms. The van der Waals surface area contributed by atoms with Crippen molar-refractivity contribution in [1.82, 2.24) is 0 Å². The topological polar surface area (TPSA) is 37.3 Å². The average Bonchev–Trinajstić information content (AvgIpc) is 2.36. The SMILES string of the molecule is Cc1ccc(CC(C(=O)O)C2CC(C)CC(C)C2)cc1. The quantitative estimate of drug-likeness (QED) is 0.888. The average molecular weight is 274 g/mol. The highest BCUT2D eigenvalue weighted by Gasteiger charge is 2.33. The lowest BCUT2D eigenvalue weighted by Gasteiger charge is -2.35. The van der Waals surface area contributed by atoms with Gasteiger partial charge < -0.3 is 5.11 Å². The van der Waals surface area contributed by atoms with Crippen molar-refractivity contribution in [2.75, 3.05) is 0 Å². The molecule has 2 rings (SSSR count). The van der Waals surface area contributed by atoms with Gasteiger partial charge in [-0.05, 0) is 55.9 Å². The lowest BCUT2D eigenvalue weighted by molar-refractivity contribution is -0.144. The summed E-state index contributed by atoms with van der Waals surface area (Å²) in [4.78, 5) is 11.7. The van der Waals surface area contributed by atoms with Gasteiger partial charge >= 0.3 is 5.97 Å². The molecule has 1 N–H and O–H groups in total. The summed E-state index contributed by atoms with van der Waals surface area (Å²) < 4.78 is 0. The summed E-state index contributed by atoms with van der Waals surface area (Å²) in [5.41, 5.74) is 2.37. The van der Waals surface area contributed by atoms with E-state index in [-0.39, 0.29) is 5.92 Å². The first-order valence-corrected chi connectivity index (χ1v) is 7.74. The van der Waals surface area contributed by atoms with Crippen molar-refractivity contribution in [3.8, 4) is 0 Å². The van der Waals surface area contributed by atoms with E-state index in [0.717, 1.165) is 18.4 Å². The van der Waals surface area contributed by atoms with E-state index in [9.17, 15) is 9.90 Å². The fourth-order valence-corrected chi connectivity index (χ4v) is 3.77. The molecular formula is C18H26O2. The zero-order chi connectivity index (χ0) is 14.7. The van der Waals surface area contributed by atoms with E-state index in [1.165, 1.54) is 12.0 Å². The Morgan fingerprint density at radius 2 is 1.70 bits per heavy atom. The molecule has 1 saturated carbocycles. The molecule has 0 heterocycles. The number of carboxylic acids is 1. The third-order valence-corrected chi connectivity index (χ3v) is 4.68. The van der Waals surface area contributed by atoms with Crippen LogP contribution in [0.4, 0.5) is 0 Å². The Morgan fingerprint density at radius 3 is 2.20 bits per heavy atom. The number of rotatable bonds is 4. The van der Waals surface area contributed by atoms with Crippen molar-refractivity contribution in [2.45, 2.75) is 46.5 Å². The zero-order valence-corrected chi connectivity index (χ0v) is 12.8. The molecule has 1 fully saturated rings. The Bertz CT molecular complexity index is 439. The molecule has 0 aromatic heterocycles. The van der Waals surface area contributed by atoms with Gasteiger partial charge in [0.15, 0.2) is 0 Å². The molecule has 2 heteroatoms. The third-order valence-electron chi connectivity index (χ3n) is 4.68. The summed E-state index contributed by atoms with van der Waals surface area (Å²) in [5, 5.41) is 9.61. The molecule has 0 saturated heterocycles. The zero-order valence-electron chi connectivity index (χ0n) is 12.8. The lowest BCUT2D eigenvalue weighted by Crippen LogP contribution is -2.32. The van der Waals surface area contributed by atoms with Gasteiger partial charge in [0, 0.05) is 0 Å². The summed E-state index contributed by atoms with van der Waals surface area (Å²) in [6, 6.07) is 8.28. The first-order valence-electron chi connectivity index (χ1n) is 7.74. The molecule has 1 aliphatic carbocycles. The highest BCUT2D eigenvalue weighted by Crippen LogP contribution is 2.38. The van der Waals surface area contributed by atoms with Gasteiger partial charge in [-0.15, -0.1) is 0 Å². The molecule has 3 unspecified atom stereocenters. The number of carboxylic acid groups (broad SMARTS) is 1.